The van der Waals surface area contributed by atoms with Crippen molar-refractivity contribution in [1.29, 1.82) is 0 Å². The molecule has 0 atom stereocenters. The second-order valence-electron chi connectivity index (χ2n) is 3.85. The first kappa shape index (κ1) is 15.0. The molecule has 0 amide bonds. The number of benzene rings is 1. The molecule has 0 unspecified atom stereocenters. The van der Waals surface area contributed by atoms with E-state index in [-0.39, 0.29) is 19.7 Å². The van der Waals surface area contributed by atoms with Crippen LogP contribution in [0.1, 0.15) is 12.0 Å². The van der Waals surface area contributed by atoms with Crippen LogP contribution in [-0.4, -0.2) is 38.0 Å². The van der Waals surface area contributed by atoms with E-state index in [1.807, 2.05) is 0 Å². The van der Waals surface area contributed by atoms with Gasteiger partial charge in [0.2, 0.25) is 0 Å². The number of hydrogen-bond acceptors (Lipinski definition) is 3. The number of hydrogen-bond donors (Lipinski definition) is 2. The minimum Gasteiger partial charge on any atom is -0.396 e. The third kappa shape index (κ3) is 4.69. The molecule has 0 fully saturated rings. The highest BCUT2D eigenvalue weighted by atomic mass is 32.2. The van der Waals surface area contributed by atoms with Gasteiger partial charge in [0, 0.05) is 26.7 Å². The second-order valence-corrected chi connectivity index (χ2v) is 5.72. The largest absolute Gasteiger partial charge is 0.396 e. The summed E-state index contributed by atoms with van der Waals surface area (Å²) < 4.78 is 39.8. The van der Waals surface area contributed by atoms with E-state index < -0.39 is 16.0 Å². The van der Waals surface area contributed by atoms with Crippen LogP contribution in [-0.2, 0) is 16.8 Å². The minimum absolute atomic E-state index is 0.0313. The number of aliphatic hydroxyl groups is 1. The summed E-state index contributed by atoms with van der Waals surface area (Å²) in [6.45, 7) is 0.197. The van der Waals surface area contributed by atoms with Crippen molar-refractivity contribution in [1.82, 2.24) is 9.03 Å². The predicted molar refractivity (Wildman–Crippen MR) is 66.5 cm³/mol. The van der Waals surface area contributed by atoms with Crippen LogP contribution in [0.2, 0.25) is 0 Å². The zero-order chi connectivity index (χ0) is 13.6. The molecule has 1 aromatic carbocycles. The van der Waals surface area contributed by atoms with Crippen molar-refractivity contribution < 1.29 is 17.9 Å². The predicted octanol–water partition coefficient (Wildman–Crippen LogP) is 0.474. The molecule has 0 aliphatic heterocycles. The number of rotatable bonds is 7. The Hall–Kier alpha value is -1.02. The van der Waals surface area contributed by atoms with Gasteiger partial charge in [0.25, 0.3) is 10.2 Å². The van der Waals surface area contributed by atoms with Gasteiger partial charge in [-0.3, -0.25) is 0 Å². The first-order chi connectivity index (χ1) is 8.45. The molecule has 0 saturated heterocycles. The van der Waals surface area contributed by atoms with Crippen molar-refractivity contribution in [2.75, 3.05) is 20.2 Å². The topological polar surface area (TPSA) is 69.6 Å². The lowest BCUT2D eigenvalue weighted by Gasteiger charge is -2.17. The van der Waals surface area contributed by atoms with Crippen molar-refractivity contribution in [2.24, 2.45) is 0 Å². The van der Waals surface area contributed by atoms with E-state index in [1.54, 1.807) is 6.07 Å². The molecular formula is C11H17FN2O3S. The molecule has 0 saturated carbocycles. The lowest BCUT2D eigenvalue weighted by atomic mass is 10.2. The van der Waals surface area contributed by atoms with E-state index >= 15 is 0 Å². The molecule has 0 aliphatic rings. The summed E-state index contributed by atoms with van der Waals surface area (Å²) in [5.74, 6) is -0.402. The van der Waals surface area contributed by atoms with Gasteiger partial charge in [-0.05, 0) is 24.1 Å². The van der Waals surface area contributed by atoms with Crippen molar-refractivity contribution in [3.63, 3.8) is 0 Å². The molecular weight excluding hydrogens is 259 g/mol. The Kier molecular flexibility index (Phi) is 5.67. The fourth-order valence-electron chi connectivity index (χ4n) is 1.35. The number of nitrogens with zero attached hydrogens (tertiary/aromatic N) is 1. The first-order valence-electron chi connectivity index (χ1n) is 5.52. The van der Waals surface area contributed by atoms with Crippen molar-refractivity contribution >= 4 is 10.2 Å². The summed E-state index contributed by atoms with van der Waals surface area (Å²) in [4.78, 5) is 0. The highest BCUT2D eigenvalue weighted by Crippen LogP contribution is 2.04. The lowest BCUT2D eigenvalue weighted by molar-refractivity contribution is 0.275. The maximum Gasteiger partial charge on any atom is 0.279 e. The SMILES string of the molecule is CN(CCCO)S(=O)(=O)NCc1cccc(F)c1. The molecule has 1 rings (SSSR count). The Bertz CT molecular complexity index is 479. The van der Waals surface area contributed by atoms with Crippen LogP contribution in [0.4, 0.5) is 4.39 Å². The normalized spacial score (nSPS) is 12.0. The minimum atomic E-state index is -3.59. The Morgan fingerprint density at radius 1 is 1.44 bits per heavy atom. The van der Waals surface area contributed by atoms with Gasteiger partial charge in [0.05, 0.1) is 0 Å². The Labute approximate surface area is 106 Å². The highest BCUT2D eigenvalue weighted by molar-refractivity contribution is 7.87. The average Bonchev–Trinajstić information content (AvgIpc) is 2.33. The van der Waals surface area contributed by atoms with E-state index in [1.165, 1.54) is 25.2 Å². The van der Waals surface area contributed by atoms with E-state index in [9.17, 15) is 12.8 Å². The molecule has 0 aliphatic carbocycles. The fraction of sp³-hybridized carbons (Fsp3) is 0.455. The van der Waals surface area contributed by atoms with Gasteiger partial charge in [-0.25, -0.2) is 4.39 Å². The summed E-state index contributed by atoms with van der Waals surface area (Å²) in [6.07, 6.45) is 0.372. The van der Waals surface area contributed by atoms with Crippen molar-refractivity contribution in [2.45, 2.75) is 13.0 Å². The molecule has 1 aromatic rings. The van der Waals surface area contributed by atoms with Crippen LogP contribution in [0.25, 0.3) is 0 Å². The van der Waals surface area contributed by atoms with Gasteiger partial charge in [-0.1, -0.05) is 12.1 Å². The quantitative estimate of drug-likeness (QED) is 0.761. The number of halogens is 1. The molecule has 7 heteroatoms. The van der Waals surface area contributed by atoms with Crippen molar-refractivity contribution in [3.05, 3.63) is 35.6 Å². The van der Waals surface area contributed by atoms with E-state index in [2.05, 4.69) is 4.72 Å². The summed E-state index contributed by atoms with van der Waals surface area (Å²) >= 11 is 0. The van der Waals surface area contributed by atoms with Crippen molar-refractivity contribution in [3.8, 4) is 0 Å². The fourth-order valence-corrected chi connectivity index (χ4v) is 2.28. The monoisotopic (exact) mass is 276 g/mol. The molecule has 0 radical (unpaired) electrons. The third-order valence-electron chi connectivity index (χ3n) is 2.39. The second kappa shape index (κ2) is 6.79. The molecule has 102 valence electrons. The Morgan fingerprint density at radius 2 is 2.17 bits per heavy atom. The van der Waals surface area contributed by atoms with Crippen LogP contribution < -0.4 is 4.72 Å². The summed E-state index contributed by atoms with van der Waals surface area (Å²) in [7, 11) is -2.17. The Balaban J connectivity index is 2.56. The molecule has 0 bridgehead atoms. The lowest BCUT2D eigenvalue weighted by Crippen LogP contribution is -2.38. The highest BCUT2D eigenvalue weighted by Gasteiger charge is 2.16. The average molecular weight is 276 g/mol. The van der Waals surface area contributed by atoms with Crippen LogP contribution >= 0.6 is 0 Å². The van der Waals surface area contributed by atoms with Gasteiger partial charge in [0.15, 0.2) is 0 Å². The molecule has 2 N–H and O–H groups in total. The summed E-state index contributed by atoms with van der Waals surface area (Å²) in [5, 5.41) is 8.64. The van der Waals surface area contributed by atoms with Gasteiger partial charge in [-0.15, -0.1) is 0 Å². The van der Waals surface area contributed by atoms with Crippen LogP contribution in [0.15, 0.2) is 24.3 Å². The van der Waals surface area contributed by atoms with Gasteiger partial charge in [-0.2, -0.15) is 17.4 Å². The zero-order valence-electron chi connectivity index (χ0n) is 10.1. The number of aliphatic hydroxyl groups excluding tert-OH is 1. The van der Waals surface area contributed by atoms with Crippen LogP contribution in [0, 0.1) is 5.82 Å². The van der Waals surface area contributed by atoms with Gasteiger partial charge in [0.1, 0.15) is 5.82 Å². The maximum absolute atomic E-state index is 12.9. The van der Waals surface area contributed by atoms with E-state index in [4.69, 9.17) is 5.11 Å². The maximum atomic E-state index is 12.9. The summed E-state index contributed by atoms with van der Waals surface area (Å²) in [6, 6.07) is 5.73. The summed E-state index contributed by atoms with van der Waals surface area (Å²) in [5.41, 5.74) is 0.550. The molecule has 18 heavy (non-hydrogen) atoms. The molecule has 5 nitrogen and oxygen atoms in total. The van der Waals surface area contributed by atoms with Gasteiger partial charge < -0.3 is 5.11 Å². The molecule has 0 heterocycles. The van der Waals surface area contributed by atoms with Crippen LogP contribution in [0.5, 0.6) is 0 Å². The standard InChI is InChI=1S/C11H17FN2O3S/c1-14(6-3-7-15)18(16,17)13-9-10-4-2-5-11(12)8-10/h2,4-5,8,13,15H,3,6-7,9H2,1H3. The molecule has 0 spiro atoms. The van der Waals surface area contributed by atoms with E-state index in [0.29, 0.717) is 12.0 Å². The Morgan fingerprint density at radius 3 is 2.78 bits per heavy atom. The number of nitrogens with one attached hydrogen (secondary N) is 1. The smallest absolute Gasteiger partial charge is 0.279 e. The zero-order valence-corrected chi connectivity index (χ0v) is 11.0. The first-order valence-corrected chi connectivity index (χ1v) is 6.96. The third-order valence-corrected chi connectivity index (χ3v) is 3.90. The van der Waals surface area contributed by atoms with Gasteiger partial charge >= 0.3 is 0 Å². The van der Waals surface area contributed by atoms with E-state index in [0.717, 1.165) is 4.31 Å². The van der Waals surface area contributed by atoms with Crippen LogP contribution in [0.3, 0.4) is 0 Å². The molecule has 0 aromatic heterocycles.